The summed E-state index contributed by atoms with van der Waals surface area (Å²) in [5, 5.41) is 3.96. The van der Waals surface area contributed by atoms with E-state index in [1.165, 1.54) is 12.8 Å². The molecule has 0 aliphatic heterocycles. The van der Waals surface area contributed by atoms with Gasteiger partial charge in [0.05, 0.1) is 20.0 Å². The van der Waals surface area contributed by atoms with Crippen molar-refractivity contribution in [2.24, 2.45) is 0 Å². The Morgan fingerprint density at radius 1 is 1.09 bits per heavy atom. The predicted octanol–water partition coefficient (Wildman–Crippen LogP) is 6.61. The van der Waals surface area contributed by atoms with Gasteiger partial charge in [0.15, 0.2) is 0 Å². The van der Waals surface area contributed by atoms with Gasteiger partial charge in [-0.15, -0.1) is 0 Å². The van der Waals surface area contributed by atoms with Crippen molar-refractivity contribution in [3.63, 3.8) is 0 Å². The maximum atomic E-state index is 12.4. The Labute approximate surface area is 190 Å². The van der Waals surface area contributed by atoms with E-state index in [0.717, 1.165) is 51.8 Å². The molecule has 0 radical (unpaired) electrons. The minimum Gasteiger partial charge on any atom is -0.497 e. The van der Waals surface area contributed by atoms with Crippen LogP contribution in [0.15, 0.2) is 53.2 Å². The largest absolute Gasteiger partial charge is 0.497 e. The molecular formula is C27H33NO4. The molecule has 1 heterocycles. The third kappa shape index (κ3) is 5.72. The minimum atomic E-state index is -0.0795. The lowest BCUT2D eigenvalue weighted by Crippen LogP contribution is -2.22. The van der Waals surface area contributed by atoms with Crippen molar-refractivity contribution in [2.75, 3.05) is 20.3 Å². The first kappa shape index (κ1) is 23.5. The molecule has 0 atom stereocenters. The van der Waals surface area contributed by atoms with E-state index in [9.17, 15) is 4.79 Å². The van der Waals surface area contributed by atoms with E-state index >= 15 is 0 Å². The Hall–Kier alpha value is -3.21. The number of ether oxygens (including phenoxy) is 2. The molecule has 5 heteroatoms. The molecule has 1 aromatic heterocycles. The van der Waals surface area contributed by atoms with Gasteiger partial charge in [-0.1, -0.05) is 38.3 Å². The van der Waals surface area contributed by atoms with Gasteiger partial charge in [0, 0.05) is 35.2 Å². The van der Waals surface area contributed by atoms with Crippen molar-refractivity contribution in [1.29, 1.82) is 0 Å². The first-order valence-corrected chi connectivity index (χ1v) is 11.4. The number of hydrogen-bond acceptors (Lipinski definition) is 4. The highest BCUT2D eigenvalue weighted by Crippen LogP contribution is 2.37. The van der Waals surface area contributed by atoms with Crippen molar-refractivity contribution >= 4 is 22.4 Å². The van der Waals surface area contributed by atoms with Crippen molar-refractivity contribution < 1.29 is 18.7 Å². The number of carbonyl (C=O) groups is 1. The summed E-state index contributed by atoms with van der Waals surface area (Å²) >= 11 is 0. The summed E-state index contributed by atoms with van der Waals surface area (Å²) in [5.41, 5.74) is 4.50. The Balaban J connectivity index is 1.90. The number of amides is 1. The molecule has 2 aromatic carbocycles. The normalized spacial score (nSPS) is 11.6. The highest BCUT2D eigenvalue weighted by Gasteiger charge is 2.15. The zero-order valence-electron chi connectivity index (χ0n) is 19.5. The molecule has 0 aliphatic rings. The topological polar surface area (TPSA) is 60.7 Å². The van der Waals surface area contributed by atoms with Gasteiger partial charge in [-0.25, -0.2) is 0 Å². The first-order chi connectivity index (χ1) is 15.6. The van der Waals surface area contributed by atoms with Crippen LogP contribution in [0.3, 0.4) is 0 Å². The van der Waals surface area contributed by atoms with Crippen molar-refractivity contribution in [2.45, 2.75) is 46.5 Å². The molecule has 5 nitrogen and oxygen atoms in total. The molecule has 0 bridgehead atoms. The van der Waals surface area contributed by atoms with E-state index in [4.69, 9.17) is 13.9 Å². The Morgan fingerprint density at radius 2 is 1.88 bits per heavy atom. The zero-order chi connectivity index (χ0) is 22.9. The average Bonchev–Trinajstić information content (AvgIpc) is 3.21. The average molecular weight is 436 g/mol. The van der Waals surface area contributed by atoms with Gasteiger partial charge in [-0.05, 0) is 49.6 Å². The summed E-state index contributed by atoms with van der Waals surface area (Å²) in [5.74, 6) is 1.43. The fraction of sp³-hybridized carbons (Fsp3) is 0.370. The fourth-order valence-corrected chi connectivity index (χ4v) is 3.72. The van der Waals surface area contributed by atoms with Crippen molar-refractivity contribution in [3.05, 3.63) is 54.3 Å². The summed E-state index contributed by atoms with van der Waals surface area (Å²) < 4.78 is 17.0. The van der Waals surface area contributed by atoms with Crippen LogP contribution in [0.25, 0.3) is 27.7 Å². The molecule has 0 spiro atoms. The van der Waals surface area contributed by atoms with Crippen LogP contribution in [0.2, 0.25) is 0 Å². The number of hydrogen-bond donors (Lipinski definition) is 1. The molecule has 1 amide bonds. The van der Waals surface area contributed by atoms with Crippen LogP contribution in [0.1, 0.15) is 52.0 Å². The molecule has 3 rings (SSSR count). The minimum absolute atomic E-state index is 0.0795. The summed E-state index contributed by atoms with van der Waals surface area (Å²) in [6.07, 6.45) is 7.93. The Bertz CT molecular complexity index is 1060. The molecule has 0 aliphatic carbocycles. The molecule has 0 saturated carbocycles. The van der Waals surface area contributed by atoms with Crippen LogP contribution in [-0.2, 0) is 4.79 Å². The third-order valence-corrected chi connectivity index (χ3v) is 5.48. The Morgan fingerprint density at radius 3 is 2.56 bits per heavy atom. The van der Waals surface area contributed by atoms with Gasteiger partial charge in [0.25, 0.3) is 0 Å². The second-order valence-electron chi connectivity index (χ2n) is 7.83. The summed E-state index contributed by atoms with van der Waals surface area (Å²) in [6.45, 7) is 7.29. The van der Waals surface area contributed by atoms with Crippen LogP contribution in [0, 0.1) is 0 Å². The number of rotatable bonds is 11. The van der Waals surface area contributed by atoms with Crippen LogP contribution in [0.5, 0.6) is 11.5 Å². The van der Waals surface area contributed by atoms with Gasteiger partial charge in [0.2, 0.25) is 5.91 Å². The molecule has 0 saturated heterocycles. The number of furan rings is 1. The van der Waals surface area contributed by atoms with E-state index in [-0.39, 0.29) is 5.91 Å². The van der Waals surface area contributed by atoms with Gasteiger partial charge in [-0.3, -0.25) is 4.79 Å². The van der Waals surface area contributed by atoms with E-state index < -0.39 is 0 Å². The molecule has 0 fully saturated rings. The van der Waals surface area contributed by atoms with Gasteiger partial charge < -0.3 is 19.2 Å². The lowest BCUT2D eigenvalue weighted by Gasteiger charge is -2.12. The maximum Gasteiger partial charge on any atom is 0.244 e. The summed E-state index contributed by atoms with van der Waals surface area (Å²) in [7, 11) is 1.65. The summed E-state index contributed by atoms with van der Waals surface area (Å²) in [6, 6.07) is 11.8. The van der Waals surface area contributed by atoms with Gasteiger partial charge in [-0.2, -0.15) is 0 Å². The van der Waals surface area contributed by atoms with Gasteiger partial charge >= 0.3 is 0 Å². The number of unbranched alkanes of at least 4 members (excludes halogenated alkanes) is 3. The predicted molar refractivity (Wildman–Crippen MR) is 130 cm³/mol. The Kier molecular flexibility index (Phi) is 8.37. The monoisotopic (exact) mass is 435 g/mol. The molecule has 0 unspecified atom stereocenters. The van der Waals surface area contributed by atoms with Gasteiger partial charge in [0.1, 0.15) is 17.1 Å². The number of fused-ring (bicyclic) bond motifs is 1. The molecule has 32 heavy (non-hydrogen) atoms. The number of carbonyl (C=O) groups excluding carboxylic acids is 1. The summed E-state index contributed by atoms with van der Waals surface area (Å²) in [4.78, 5) is 12.4. The maximum absolute atomic E-state index is 12.4. The standard InChI is InChI=1S/C27H33NO4/c1-5-7-8-9-14-28-27(29)15-19(3)22-16-23-24(20-10-12-21(30-4)13-11-20)18-32-26(23)17-25(22)31-6-2/h10-13,15-18H,5-9,14H2,1-4H3,(H,28,29)/b19-15+. The highest BCUT2D eigenvalue weighted by molar-refractivity contribution is 6.00. The lowest BCUT2D eigenvalue weighted by molar-refractivity contribution is -0.116. The molecule has 170 valence electrons. The van der Waals surface area contributed by atoms with Crippen molar-refractivity contribution in [3.8, 4) is 22.6 Å². The SMILES string of the molecule is CCCCCCNC(=O)/C=C(\C)c1cc2c(-c3ccc(OC)cc3)coc2cc1OCC. The first-order valence-electron chi connectivity index (χ1n) is 11.4. The second kappa shape index (κ2) is 11.4. The number of nitrogens with one attached hydrogen (secondary N) is 1. The van der Waals surface area contributed by atoms with Crippen molar-refractivity contribution in [1.82, 2.24) is 5.32 Å². The van der Waals surface area contributed by atoms with Crippen LogP contribution in [-0.4, -0.2) is 26.2 Å². The van der Waals surface area contributed by atoms with E-state index in [2.05, 4.69) is 12.2 Å². The third-order valence-electron chi connectivity index (χ3n) is 5.48. The van der Waals surface area contributed by atoms with E-state index in [1.807, 2.05) is 50.2 Å². The van der Waals surface area contributed by atoms with Crippen LogP contribution in [0.4, 0.5) is 0 Å². The molecule has 1 N–H and O–H groups in total. The molecular weight excluding hydrogens is 402 g/mol. The number of allylic oxidation sites excluding steroid dienone is 1. The smallest absolute Gasteiger partial charge is 0.244 e. The fourth-order valence-electron chi connectivity index (χ4n) is 3.72. The number of benzene rings is 2. The molecule has 3 aromatic rings. The zero-order valence-corrected chi connectivity index (χ0v) is 19.5. The van der Waals surface area contributed by atoms with E-state index in [0.29, 0.717) is 18.9 Å². The van der Waals surface area contributed by atoms with Crippen LogP contribution < -0.4 is 14.8 Å². The number of methoxy groups -OCH3 is 1. The highest BCUT2D eigenvalue weighted by atomic mass is 16.5. The lowest BCUT2D eigenvalue weighted by atomic mass is 9.99. The van der Waals surface area contributed by atoms with E-state index in [1.54, 1.807) is 19.4 Å². The second-order valence-corrected chi connectivity index (χ2v) is 7.83. The quantitative estimate of drug-likeness (QED) is 0.272. The van der Waals surface area contributed by atoms with Crippen LogP contribution >= 0.6 is 0 Å².